The third-order valence-corrected chi connectivity index (χ3v) is 1.53. The minimum Gasteiger partial charge on any atom is -0.451 e. The minimum absolute atomic E-state index is 0.132. The Labute approximate surface area is 70.8 Å². The summed E-state index contributed by atoms with van der Waals surface area (Å²) in [5.41, 5.74) is 0.132. The van der Waals surface area contributed by atoms with Crippen molar-refractivity contribution in [3.05, 3.63) is 11.8 Å². The molecule has 1 fully saturated rings. The van der Waals surface area contributed by atoms with Gasteiger partial charge >= 0.3 is 5.97 Å². The molecule has 0 radical (unpaired) electrons. The maximum atomic E-state index is 11.2. The first-order valence-corrected chi connectivity index (χ1v) is 3.66. The highest BCUT2D eigenvalue weighted by Crippen LogP contribution is 2.15. The van der Waals surface area contributed by atoms with Gasteiger partial charge in [0.2, 0.25) is 5.78 Å². The molecule has 66 valence electrons. The van der Waals surface area contributed by atoms with Crippen molar-refractivity contribution < 1.29 is 14.3 Å². The van der Waals surface area contributed by atoms with E-state index in [1.165, 1.54) is 6.20 Å². The first-order valence-electron chi connectivity index (χ1n) is 3.66. The molecule has 0 saturated carbocycles. The van der Waals surface area contributed by atoms with Gasteiger partial charge in [-0.3, -0.25) is 4.79 Å². The van der Waals surface area contributed by atoms with Crippen LogP contribution in [0.15, 0.2) is 11.8 Å². The van der Waals surface area contributed by atoms with E-state index >= 15 is 0 Å². The molecule has 1 heterocycles. The molecule has 1 rings (SSSR count). The monoisotopic (exact) mass is 169 g/mol. The molecule has 0 aromatic carbocycles. The topological polar surface area (TPSA) is 46.6 Å². The van der Waals surface area contributed by atoms with Gasteiger partial charge in [-0.05, 0) is 6.92 Å². The van der Waals surface area contributed by atoms with Gasteiger partial charge in [-0.1, -0.05) is 0 Å². The van der Waals surface area contributed by atoms with Crippen molar-refractivity contribution in [1.82, 2.24) is 4.90 Å². The van der Waals surface area contributed by atoms with Crippen LogP contribution in [-0.2, 0) is 14.3 Å². The molecule has 0 aliphatic carbocycles. The van der Waals surface area contributed by atoms with Gasteiger partial charge in [0.1, 0.15) is 5.57 Å². The van der Waals surface area contributed by atoms with Crippen LogP contribution in [0.4, 0.5) is 0 Å². The van der Waals surface area contributed by atoms with Crippen LogP contribution >= 0.6 is 0 Å². The SMILES string of the molecule is CC1OC(=O)C(=CN(C)C)C1=O. The van der Waals surface area contributed by atoms with Crippen molar-refractivity contribution in [1.29, 1.82) is 0 Å². The van der Waals surface area contributed by atoms with Crippen LogP contribution in [0.2, 0.25) is 0 Å². The van der Waals surface area contributed by atoms with E-state index in [-0.39, 0.29) is 11.4 Å². The predicted molar refractivity (Wildman–Crippen MR) is 42.3 cm³/mol. The van der Waals surface area contributed by atoms with E-state index in [4.69, 9.17) is 4.74 Å². The molecule has 0 aromatic rings. The zero-order chi connectivity index (χ0) is 9.30. The molecule has 0 amide bonds. The fraction of sp³-hybridized carbons (Fsp3) is 0.500. The maximum absolute atomic E-state index is 11.2. The van der Waals surface area contributed by atoms with Crippen molar-refractivity contribution in [2.45, 2.75) is 13.0 Å². The van der Waals surface area contributed by atoms with Crippen LogP contribution in [0.1, 0.15) is 6.92 Å². The molecule has 0 aromatic heterocycles. The van der Waals surface area contributed by atoms with E-state index in [9.17, 15) is 9.59 Å². The largest absolute Gasteiger partial charge is 0.451 e. The number of ketones is 1. The van der Waals surface area contributed by atoms with E-state index in [0.29, 0.717) is 0 Å². The van der Waals surface area contributed by atoms with E-state index in [1.807, 2.05) is 0 Å². The number of carbonyl (C=O) groups is 2. The third-order valence-electron chi connectivity index (χ3n) is 1.53. The minimum atomic E-state index is -0.622. The molecule has 1 aliphatic rings. The smallest absolute Gasteiger partial charge is 0.344 e. The van der Waals surface area contributed by atoms with Crippen LogP contribution in [0, 0.1) is 0 Å². The van der Waals surface area contributed by atoms with Crippen LogP contribution in [0.25, 0.3) is 0 Å². The van der Waals surface area contributed by atoms with Crippen molar-refractivity contribution in [2.75, 3.05) is 14.1 Å². The molecule has 0 bridgehead atoms. The zero-order valence-corrected chi connectivity index (χ0v) is 7.33. The van der Waals surface area contributed by atoms with E-state index in [2.05, 4.69) is 0 Å². The van der Waals surface area contributed by atoms with E-state index in [0.717, 1.165) is 0 Å². The first-order chi connectivity index (χ1) is 5.52. The summed E-state index contributed by atoms with van der Waals surface area (Å²) in [6, 6.07) is 0. The van der Waals surface area contributed by atoms with Gasteiger partial charge in [0.15, 0.2) is 6.10 Å². The highest BCUT2D eigenvalue weighted by atomic mass is 16.6. The molecule has 1 atom stereocenters. The molecule has 4 heteroatoms. The predicted octanol–water partition coefficient (Wildman–Crippen LogP) is -0.0537. The quantitative estimate of drug-likeness (QED) is 0.313. The number of esters is 1. The summed E-state index contributed by atoms with van der Waals surface area (Å²) in [6.45, 7) is 1.57. The Bertz CT molecular complexity index is 255. The molecule has 4 nitrogen and oxygen atoms in total. The Morgan fingerprint density at radius 2 is 2.00 bits per heavy atom. The number of ether oxygens (including phenoxy) is 1. The Balaban J connectivity index is 2.91. The number of carbonyl (C=O) groups excluding carboxylic acids is 2. The van der Waals surface area contributed by atoms with Gasteiger partial charge in [-0.2, -0.15) is 0 Å². The van der Waals surface area contributed by atoms with Crippen LogP contribution in [-0.4, -0.2) is 36.9 Å². The standard InChI is InChI=1S/C8H11NO3/c1-5-7(10)6(4-9(2)3)8(11)12-5/h4-5H,1-3H3. The average molecular weight is 169 g/mol. The van der Waals surface area contributed by atoms with Crippen LogP contribution < -0.4 is 0 Å². The first kappa shape index (κ1) is 8.77. The summed E-state index contributed by atoms with van der Waals surface area (Å²) in [4.78, 5) is 23.8. The Morgan fingerprint density at radius 1 is 1.42 bits per heavy atom. The lowest BCUT2D eigenvalue weighted by molar-refractivity contribution is -0.139. The normalized spacial score (nSPS) is 26.2. The molecular formula is C8H11NO3. The van der Waals surface area contributed by atoms with Crippen molar-refractivity contribution >= 4 is 11.8 Å². The number of hydrogen-bond acceptors (Lipinski definition) is 4. The number of rotatable bonds is 1. The van der Waals surface area contributed by atoms with Crippen molar-refractivity contribution in [2.24, 2.45) is 0 Å². The van der Waals surface area contributed by atoms with E-state index in [1.54, 1.807) is 25.9 Å². The lowest BCUT2D eigenvalue weighted by Crippen LogP contribution is -2.12. The molecule has 0 spiro atoms. The second-order valence-corrected chi connectivity index (χ2v) is 2.92. The van der Waals surface area contributed by atoms with Crippen LogP contribution in [0.5, 0.6) is 0 Å². The fourth-order valence-electron chi connectivity index (χ4n) is 0.972. The summed E-state index contributed by atoms with van der Waals surface area (Å²) in [5, 5.41) is 0. The highest BCUT2D eigenvalue weighted by molar-refractivity contribution is 6.23. The lowest BCUT2D eigenvalue weighted by atomic mass is 10.1. The molecule has 1 aliphatic heterocycles. The average Bonchev–Trinajstić information content (AvgIpc) is 2.16. The summed E-state index contributed by atoms with van der Waals surface area (Å²) in [5.74, 6) is -0.769. The number of hydrogen-bond donors (Lipinski definition) is 0. The maximum Gasteiger partial charge on any atom is 0.344 e. The molecule has 0 N–H and O–H groups in total. The summed E-state index contributed by atoms with van der Waals surface area (Å²) in [6.07, 6.45) is 0.859. The number of cyclic esters (lactones) is 1. The fourth-order valence-corrected chi connectivity index (χ4v) is 0.972. The van der Waals surface area contributed by atoms with Gasteiger partial charge < -0.3 is 9.64 Å². The summed E-state index contributed by atoms with van der Waals surface area (Å²) >= 11 is 0. The van der Waals surface area contributed by atoms with Gasteiger partial charge in [0.25, 0.3) is 0 Å². The summed E-state index contributed by atoms with van der Waals surface area (Å²) < 4.78 is 4.70. The Hall–Kier alpha value is -1.32. The van der Waals surface area contributed by atoms with Gasteiger partial charge in [-0.15, -0.1) is 0 Å². The highest BCUT2D eigenvalue weighted by Gasteiger charge is 2.35. The van der Waals surface area contributed by atoms with Crippen molar-refractivity contribution in [3.8, 4) is 0 Å². The second kappa shape index (κ2) is 2.97. The van der Waals surface area contributed by atoms with Gasteiger partial charge in [-0.25, -0.2) is 4.79 Å². The Kier molecular flexibility index (Phi) is 2.17. The van der Waals surface area contributed by atoms with Crippen LogP contribution in [0.3, 0.4) is 0 Å². The third kappa shape index (κ3) is 1.47. The zero-order valence-electron chi connectivity index (χ0n) is 7.33. The Morgan fingerprint density at radius 3 is 2.33 bits per heavy atom. The number of Topliss-reactive ketones (excluding diaryl/α,β-unsaturated/α-hetero) is 1. The van der Waals surface area contributed by atoms with E-state index < -0.39 is 12.1 Å². The van der Waals surface area contributed by atoms with Crippen molar-refractivity contribution in [3.63, 3.8) is 0 Å². The van der Waals surface area contributed by atoms with Gasteiger partial charge in [0.05, 0.1) is 0 Å². The molecule has 1 saturated heterocycles. The second-order valence-electron chi connectivity index (χ2n) is 2.92. The summed E-state index contributed by atoms with van der Waals surface area (Å²) in [7, 11) is 3.49. The van der Waals surface area contributed by atoms with Gasteiger partial charge in [0, 0.05) is 20.3 Å². The molecular weight excluding hydrogens is 158 g/mol. The number of nitrogens with zero attached hydrogens (tertiary/aromatic N) is 1. The molecule has 1 unspecified atom stereocenters. The molecule has 12 heavy (non-hydrogen) atoms. The lowest BCUT2D eigenvalue weighted by Gasteiger charge is -2.03.